The van der Waals surface area contributed by atoms with E-state index in [-0.39, 0.29) is 11.3 Å². The van der Waals surface area contributed by atoms with E-state index in [4.69, 9.17) is 9.73 Å². The number of aliphatic imine (C=N–C) groups is 1. The van der Waals surface area contributed by atoms with Crippen molar-refractivity contribution < 1.29 is 9.53 Å². The largest absolute Gasteiger partial charge is 0.496 e. The highest BCUT2D eigenvalue weighted by Gasteiger charge is 2.42. The number of aromatic nitrogens is 1. The van der Waals surface area contributed by atoms with Crippen LogP contribution in [0.25, 0.3) is 0 Å². The lowest BCUT2D eigenvalue weighted by Gasteiger charge is -2.31. The number of hydrogen-bond donors (Lipinski definition) is 2. The Labute approximate surface area is 169 Å². The Hall–Kier alpha value is -2.31. The molecule has 1 aromatic rings. The third-order valence-electron chi connectivity index (χ3n) is 5.50. The van der Waals surface area contributed by atoms with Gasteiger partial charge in [-0.05, 0) is 33.6 Å². The highest BCUT2D eigenvalue weighted by atomic mass is 16.5. The summed E-state index contributed by atoms with van der Waals surface area (Å²) in [5.41, 5.74) is 2.58. The number of nitrogens with zero attached hydrogens (tertiary/aromatic N) is 3. The molecule has 0 spiro atoms. The normalized spacial score (nSPS) is 16.0. The molecule has 0 unspecified atom stereocenters. The summed E-state index contributed by atoms with van der Waals surface area (Å²) in [5, 5.41) is 6.68. The van der Waals surface area contributed by atoms with Crippen molar-refractivity contribution in [2.24, 2.45) is 10.4 Å². The maximum Gasteiger partial charge on any atom is 0.230 e. The van der Waals surface area contributed by atoms with Gasteiger partial charge >= 0.3 is 0 Å². The molecule has 156 valence electrons. The first-order chi connectivity index (χ1) is 13.3. The molecule has 0 radical (unpaired) electrons. The van der Waals surface area contributed by atoms with Gasteiger partial charge in [-0.25, -0.2) is 4.99 Å². The maximum atomic E-state index is 12.8. The summed E-state index contributed by atoms with van der Waals surface area (Å²) in [6.07, 6.45) is 5.86. The van der Waals surface area contributed by atoms with E-state index in [1.54, 1.807) is 12.0 Å². The summed E-state index contributed by atoms with van der Waals surface area (Å²) in [6.45, 7) is 7.83. The Balaban J connectivity index is 2.14. The minimum Gasteiger partial charge on any atom is -0.496 e. The number of pyridine rings is 1. The van der Waals surface area contributed by atoms with Gasteiger partial charge in [-0.3, -0.25) is 9.78 Å². The Kier molecular flexibility index (Phi) is 7.66. The van der Waals surface area contributed by atoms with E-state index in [0.717, 1.165) is 54.8 Å². The lowest BCUT2D eigenvalue weighted by Crippen LogP contribution is -2.49. The van der Waals surface area contributed by atoms with Crippen LogP contribution in [0.1, 0.15) is 49.4 Å². The predicted octanol–water partition coefficient (Wildman–Crippen LogP) is 2.41. The lowest BCUT2D eigenvalue weighted by atomic mass is 9.84. The number of hydrogen-bond acceptors (Lipinski definition) is 4. The molecule has 0 atom stereocenters. The highest BCUT2D eigenvalue weighted by molar-refractivity contribution is 5.85. The standard InChI is InChI=1S/C21H35N5O2/c1-7-22-20(24-13-17-16(3)18(28-6)15(2)12-23-17)25-14-21(10-8-9-11-21)19(27)26(4)5/h12H,7-11,13-14H2,1-6H3,(H2,22,24,25). The Bertz CT molecular complexity index is 709. The molecule has 1 heterocycles. The first-order valence-corrected chi connectivity index (χ1v) is 10.1. The highest BCUT2D eigenvalue weighted by Crippen LogP contribution is 2.38. The van der Waals surface area contributed by atoms with E-state index in [2.05, 4.69) is 15.6 Å². The molecular formula is C21H35N5O2. The van der Waals surface area contributed by atoms with Crippen LogP contribution in [0.2, 0.25) is 0 Å². The van der Waals surface area contributed by atoms with Crippen molar-refractivity contribution in [3.63, 3.8) is 0 Å². The van der Waals surface area contributed by atoms with Crippen LogP contribution in [0.4, 0.5) is 0 Å². The SMILES string of the molecule is CCNC(=NCc1ncc(C)c(OC)c1C)NCC1(C(=O)N(C)C)CCCC1. The molecule has 1 aliphatic rings. The van der Waals surface area contributed by atoms with Crippen LogP contribution in [0.3, 0.4) is 0 Å². The van der Waals surface area contributed by atoms with Gasteiger partial charge in [0.1, 0.15) is 5.75 Å². The monoisotopic (exact) mass is 389 g/mol. The van der Waals surface area contributed by atoms with Crippen molar-refractivity contribution >= 4 is 11.9 Å². The molecule has 1 fully saturated rings. The van der Waals surface area contributed by atoms with Crippen LogP contribution in [0.5, 0.6) is 5.75 Å². The first-order valence-electron chi connectivity index (χ1n) is 10.1. The number of ether oxygens (including phenoxy) is 1. The molecule has 2 N–H and O–H groups in total. The van der Waals surface area contributed by atoms with Gasteiger partial charge in [0.15, 0.2) is 5.96 Å². The molecule has 0 aromatic carbocycles. The molecule has 2 rings (SSSR count). The van der Waals surface area contributed by atoms with Crippen LogP contribution < -0.4 is 15.4 Å². The van der Waals surface area contributed by atoms with E-state index >= 15 is 0 Å². The fraction of sp³-hybridized carbons (Fsp3) is 0.667. The first kappa shape index (κ1) is 22.0. The number of rotatable bonds is 7. The molecule has 1 amide bonds. The molecule has 0 aliphatic heterocycles. The van der Waals surface area contributed by atoms with Crippen molar-refractivity contribution in [3.8, 4) is 5.75 Å². The van der Waals surface area contributed by atoms with Crippen LogP contribution in [0.15, 0.2) is 11.2 Å². The summed E-state index contributed by atoms with van der Waals surface area (Å²) in [5.74, 6) is 1.77. The lowest BCUT2D eigenvalue weighted by molar-refractivity contribution is -0.138. The fourth-order valence-electron chi connectivity index (χ4n) is 3.97. The third kappa shape index (κ3) is 4.94. The zero-order chi connectivity index (χ0) is 20.7. The quantitative estimate of drug-likeness (QED) is 0.553. The number of carbonyl (C=O) groups excluding carboxylic acids is 1. The van der Waals surface area contributed by atoms with Crippen molar-refractivity contribution in [2.45, 2.75) is 53.0 Å². The summed E-state index contributed by atoms with van der Waals surface area (Å²) in [4.78, 5) is 23.7. The van der Waals surface area contributed by atoms with Gasteiger partial charge in [0, 0.05) is 44.5 Å². The van der Waals surface area contributed by atoms with Crippen molar-refractivity contribution in [1.82, 2.24) is 20.5 Å². The molecule has 1 aromatic heterocycles. The average molecular weight is 390 g/mol. The molecule has 7 heteroatoms. The van der Waals surface area contributed by atoms with Crippen LogP contribution in [0, 0.1) is 19.3 Å². The summed E-state index contributed by atoms with van der Waals surface area (Å²) in [6, 6.07) is 0. The van der Waals surface area contributed by atoms with Gasteiger partial charge in [0.2, 0.25) is 5.91 Å². The molecule has 28 heavy (non-hydrogen) atoms. The van der Waals surface area contributed by atoms with E-state index < -0.39 is 0 Å². The molecule has 1 saturated carbocycles. The molecule has 1 aliphatic carbocycles. The fourth-order valence-corrected chi connectivity index (χ4v) is 3.97. The van der Waals surface area contributed by atoms with Gasteiger partial charge in [-0.1, -0.05) is 12.8 Å². The number of nitrogens with one attached hydrogen (secondary N) is 2. The molecule has 0 bridgehead atoms. The second-order valence-corrected chi connectivity index (χ2v) is 7.78. The minimum absolute atomic E-state index is 0.203. The van der Waals surface area contributed by atoms with Crippen LogP contribution in [-0.4, -0.2) is 56.0 Å². The number of amides is 1. The average Bonchev–Trinajstić information content (AvgIpc) is 3.15. The molecular weight excluding hydrogens is 354 g/mol. The van der Waals surface area contributed by atoms with E-state index in [9.17, 15) is 4.79 Å². The second kappa shape index (κ2) is 9.75. The second-order valence-electron chi connectivity index (χ2n) is 7.78. The summed E-state index contributed by atoms with van der Waals surface area (Å²) >= 11 is 0. The van der Waals surface area contributed by atoms with Gasteiger partial charge in [0.25, 0.3) is 0 Å². The number of guanidine groups is 1. The smallest absolute Gasteiger partial charge is 0.230 e. The number of carbonyl (C=O) groups is 1. The van der Waals surface area contributed by atoms with E-state index in [0.29, 0.717) is 19.0 Å². The van der Waals surface area contributed by atoms with Crippen molar-refractivity contribution in [2.75, 3.05) is 34.3 Å². The molecule has 0 saturated heterocycles. The third-order valence-corrected chi connectivity index (χ3v) is 5.50. The van der Waals surface area contributed by atoms with Gasteiger partial charge in [0.05, 0.1) is 24.8 Å². The zero-order valence-corrected chi connectivity index (χ0v) is 18.2. The minimum atomic E-state index is -0.332. The van der Waals surface area contributed by atoms with Gasteiger partial charge < -0.3 is 20.3 Å². The number of methoxy groups -OCH3 is 1. The Morgan fingerprint density at radius 2 is 1.96 bits per heavy atom. The topological polar surface area (TPSA) is 78.9 Å². The Morgan fingerprint density at radius 1 is 1.29 bits per heavy atom. The van der Waals surface area contributed by atoms with Crippen molar-refractivity contribution in [1.29, 1.82) is 0 Å². The number of aryl methyl sites for hydroxylation is 1. The summed E-state index contributed by atoms with van der Waals surface area (Å²) < 4.78 is 5.49. The molecule has 7 nitrogen and oxygen atoms in total. The van der Waals surface area contributed by atoms with Crippen molar-refractivity contribution in [3.05, 3.63) is 23.0 Å². The predicted molar refractivity (Wildman–Crippen MR) is 113 cm³/mol. The van der Waals surface area contributed by atoms with Crippen LogP contribution >= 0.6 is 0 Å². The summed E-state index contributed by atoms with van der Waals surface area (Å²) in [7, 11) is 5.35. The van der Waals surface area contributed by atoms with Gasteiger partial charge in [-0.15, -0.1) is 0 Å². The van der Waals surface area contributed by atoms with E-state index in [1.807, 2.05) is 41.1 Å². The van der Waals surface area contributed by atoms with Crippen LogP contribution in [-0.2, 0) is 11.3 Å². The zero-order valence-electron chi connectivity index (χ0n) is 18.2. The van der Waals surface area contributed by atoms with E-state index in [1.165, 1.54) is 0 Å². The van der Waals surface area contributed by atoms with Gasteiger partial charge in [-0.2, -0.15) is 0 Å². The maximum absolute atomic E-state index is 12.8. The Morgan fingerprint density at radius 3 is 2.54 bits per heavy atom.